The predicted octanol–water partition coefficient (Wildman–Crippen LogP) is 4.42. The summed E-state index contributed by atoms with van der Waals surface area (Å²) < 4.78 is 0. The van der Waals surface area contributed by atoms with Gasteiger partial charge in [-0.15, -0.1) is 11.3 Å². The highest BCUT2D eigenvalue weighted by atomic mass is 35.5. The molecule has 0 saturated carbocycles. The molecule has 4 rings (SSSR count). The van der Waals surface area contributed by atoms with Crippen LogP contribution in [0.1, 0.15) is 34.7 Å². The number of benzene rings is 1. The number of hydrogen-bond donors (Lipinski definition) is 1. The van der Waals surface area contributed by atoms with Crippen molar-refractivity contribution in [2.75, 3.05) is 13.1 Å². The first kappa shape index (κ1) is 18.9. The van der Waals surface area contributed by atoms with E-state index in [4.69, 9.17) is 11.6 Å². The van der Waals surface area contributed by atoms with Gasteiger partial charge in [0.1, 0.15) is 10.7 Å². The van der Waals surface area contributed by atoms with Crippen LogP contribution in [0.2, 0.25) is 5.02 Å². The van der Waals surface area contributed by atoms with E-state index in [0.717, 1.165) is 41.9 Å². The Morgan fingerprint density at radius 2 is 2.04 bits per heavy atom. The van der Waals surface area contributed by atoms with Crippen molar-refractivity contribution < 1.29 is 4.79 Å². The summed E-state index contributed by atoms with van der Waals surface area (Å²) in [5.41, 5.74) is 1.89. The zero-order valence-electron chi connectivity index (χ0n) is 15.7. The molecule has 0 bridgehead atoms. The van der Waals surface area contributed by atoms with Crippen molar-refractivity contribution in [3.8, 4) is 0 Å². The molecule has 2 aromatic heterocycles. The summed E-state index contributed by atoms with van der Waals surface area (Å²) in [6, 6.07) is 7.27. The maximum Gasteiger partial charge on any atom is 0.260 e. The molecule has 0 unspecified atom stereocenters. The van der Waals surface area contributed by atoms with E-state index in [2.05, 4.69) is 9.97 Å². The van der Waals surface area contributed by atoms with E-state index in [9.17, 15) is 9.59 Å². The summed E-state index contributed by atoms with van der Waals surface area (Å²) in [4.78, 5) is 36.9. The molecule has 1 N–H and O–H groups in total. The highest BCUT2D eigenvalue weighted by molar-refractivity contribution is 7.18. The van der Waals surface area contributed by atoms with E-state index in [0.29, 0.717) is 26.6 Å². The number of rotatable bonds is 3. The number of aromatic amines is 1. The minimum Gasteiger partial charge on any atom is -0.339 e. The molecule has 1 saturated heterocycles. The largest absolute Gasteiger partial charge is 0.339 e. The van der Waals surface area contributed by atoms with E-state index in [1.807, 2.05) is 30.9 Å². The Morgan fingerprint density at radius 1 is 1.29 bits per heavy atom. The van der Waals surface area contributed by atoms with Crippen molar-refractivity contribution in [2.24, 2.45) is 0 Å². The van der Waals surface area contributed by atoms with Gasteiger partial charge >= 0.3 is 0 Å². The van der Waals surface area contributed by atoms with Crippen LogP contribution in [0.4, 0.5) is 0 Å². The van der Waals surface area contributed by atoms with Gasteiger partial charge in [0, 0.05) is 23.0 Å². The van der Waals surface area contributed by atoms with Gasteiger partial charge in [-0.05, 0) is 56.0 Å². The predicted molar refractivity (Wildman–Crippen MR) is 115 cm³/mol. The number of H-pyrrole nitrogens is 1. The van der Waals surface area contributed by atoms with Crippen LogP contribution in [0.25, 0.3) is 21.9 Å². The Kier molecular flexibility index (Phi) is 5.08. The molecule has 5 nitrogen and oxygen atoms in total. The third-order valence-electron chi connectivity index (χ3n) is 5.08. The lowest BCUT2D eigenvalue weighted by Crippen LogP contribution is -2.29. The molecule has 28 heavy (non-hydrogen) atoms. The summed E-state index contributed by atoms with van der Waals surface area (Å²) in [7, 11) is 0. The molecule has 1 aliphatic heterocycles. The van der Waals surface area contributed by atoms with Crippen molar-refractivity contribution in [1.82, 2.24) is 14.9 Å². The summed E-state index contributed by atoms with van der Waals surface area (Å²) in [5.74, 6) is 0.181. The lowest BCUT2D eigenvalue weighted by molar-refractivity contribution is -0.123. The Bertz CT molecular complexity index is 1160. The van der Waals surface area contributed by atoms with E-state index in [-0.39, 0.29) is 11.5 Å². The lowest BCUT2D eigenvalue weighted by Gasteiger charge is -2.17. The van der Waals surface area contributed by atoms with Crippen molar-refractivity contribution in [3.63, 3.8) is 0 Å². The minimum absolute atomic E-state index is 0.120. The average Bonchev–Trinajstić information content (AvgIpc) is 3.28. The summed E-state index contributed by atoms with van der Waals surface area (Å²) in [5, 5.41) is 1.19. The molecule has 0 atom stereocenters. The van der Waals surface area contributed by atoms with Crippen LogP contribution in [-0.2, 0) is 4.79 Å². The zero-order chi connectivity index (χ0) is 19.8. The van der Waals surface area contributed by atoms with Crippen LogP contribution in [0, 0.1) is 13.8 Å². The van der Waals surface area contributed by atoms with Crippen molar-refractivity contribution in [1.29, 1.82) is 0 Å². The lowest BCUT2D eigenvalue weighted by atomic mass is 10.1. The number of fused-ring (bicyclic) bond motifs is 1. The highest BCUT2D eigenvalue weighted by Gasteiger charge is 2.25. The first-order valence-electron chi connectivity index (χ1n) is 9.21. The number of aryl methyl sites for hydroxylation is 2. The molecule has 3 heterocycles. The number of carbonyl (C=O) groups excluding carboxylic acids is 1. The van der Waals surface area contributed by atoms with Gasteiger partial charge in [0.2, 0.25) is 0 Å². The fourth-order valence-corrected chi connectivity index (χ4v) is 4.70. The SMILES string of the molecule is Cc1sc2nc(/C(=C\c3cccc(Cl)c3)C(=O)N3CCCC3)[nH]c(=O)c2c1C. The number of likely N-dealkylation sites (tertiary alicyclic amines) is 1. The Morgan fingerprint density at radius 3 is 2.75 bits per heavy atom. The van der Waals surface area contributed by atoms with Gasteiger partial charge in [0.15, 0.2) is 0 Å². The van der Waals surface area contributed by atoms with Gasteiger partial charge in [0.05, 0.1) is 11.0 Å². The fourth-order valence-electron chi connectivity index (χ4n) is 3.47. The van der Waals surface area contributed by atoms with Crippen LogP contribution in [-0.4, -0.2) is 33.9 Å². The fraction of sp³-hybridized carbons (Fsp3) is 0.286. The second-order valence-corrected chi connectivity index (χ2v) is 8.63. The number of halogens is 1. The summed E-state index contributed by atoms with van der Waals surface area (Å²) >= 11 is 7.58. The van der Waals surface area contributed by atoms with Crippen molar-refractivity contribution in [2.45, 2.75) is 26.7 Å². The van der Waals surface area contributed by atoms with Gasteiger partial charge in [-0.1, -0.05) is 23.7 Å². The number of amides is 1. The summed E-state index contributed by atoms with van der Waals surface area (Å²) in [6.45, 7) is 5.33. The van der Waals surface area contributed by atoms with Gasteiger partial charge in [-0.3, -0.25) is 9.59 Å². The molecule has 7 heteroatoms. The number of hydrogen-bond acceptors (Lipinski definition) is 4. The smallest absolute Gasteiger partial charge is 0.260 e. The molecule has 0 aliphatic carbocycles. The molecule has 1 aliphatic rings. The Labute approximate surface area is 171 Å². The van der Waals surface area contributed by atoms with E-state index < -0.39 is 0 Å². The molecule has 0 spiro atoms. The monoisotopic (exact) mass is 413 g/mol. The molecule has 144 valence electrons. The van der Waals surface area contributed by atoms with Crippen LogP contribution >= 0.6 is 22.9 Å². The normalized spacial score (nSPS) is 14.8. The van der Waals surface area contributed by atoms with Crippen LogP contribution in [0.5, 0.6) is 0 Å². The molecule has 1 fully saturated rings. The topological polar surface area (TPSA) is 66.1 Å². The molecular weight excluding hydrogens is 394 g/mol. The molecule has 0 radical (unpaired) electrons. The van der Waals surface area contributed by atoms with Crippen molar-refractivity contribution in [3.05, 3.63) is 61.5 Å². The van der Waals surface area contributed by atoms with Crippen LogP contribution in [0.15, 0.2) is 29.1 Å². The number of nitrogens with one attached hydrogen (secondary N) is 1. The number of thiophene rings is 1. The first-order chi connectivity index (χ1) is 13.4. The Balaban J connectivity index is 1.89. The highest BCUT2D eigenvalue weighted by Crippen LogP contribution is 2.28. The van der Waals surface area contributed by atoms with Crippen molar-refractivity contribution >= 4 is 50.7 Å². The molecule has 1 amide bonds. The number of aromatic nitrogens is 2. The first-order valence-corrected chi connectivity index (χ1v) is 10.4. The van der Waals surface area contributed by atoms with Crippen LogP contribution in [0.3, 0.4) is 0 Å². The number of carbonyl (C=O) groups is 1. The molecule has 1 aromatic carbocycles. The standard InChI is InChI=1S/C21H20ClN3O2S/c1-12-13(2)28-20-17(12)19(26)23-18(24-20)16(21(27)25-8-3-4-9-25)11-14-6-5-7-15(22)10-14/h5-7,10-11H,3-4,8-9H2,1-2H3,(H,23,24,26)/b16-11+. The van der Waals surface area contributed by atoms with Gasteiger partial charge in [-0.2, -0.15) is 0 Å². The van der Waals surface area contributed by atoms with E-state index in [1.165, 1.54) is 11.3 Å². The van der Waals surface area contributed by atoms with Gasteiger partial charge in [-0.25, -0.2) is 4.98 Å². The summed E-state index contributed by atoms with van der Waals surface area (Å²) in [6.07, 6.45) is 3.73. The third-order valence-corrected chi connectivity index (χ3v) is 6.41. The van der Waals surface area contributed by atoms with Crippen LogP contribution < -0.4 is 5.56 Å². The van der Waals surface area contributed by atoms with Gasteiger partial charge < -0.3 is 9.88 Å². The minimum atomic E-state index is -0.215. The zero-order valence-corrected chi connectivity index (χ0v) is 17.3. The van der Waals surface area contributed by atoms with E-state index in [1.54, 1.807) is 18.2 Å². The molecule has 3 aromatic rings. The third kappa shape index (κ3) is 3.50. The molecular formula is C21H20ClN3O2S. The number of nitrogens with zero attached hydrogens (tertiary/aromatic N) is 2. The van der Waals surface area contributed by atoms with Gasteiger partial charge in [0.25, 0.3) is 11.5 Å². The van der Waals surface area contributed by atoms with E-state index >= 15 is 0 Å². The second kappa shape index (κ2) is 7.53. The average molecular weight is 414 g/mol. The quantitative estimate of drug-likeness (QED) is 0.646. The maximum atomic E-state index is 13.2. The maximum absolute atomic E-state index is 13.2. The Hall–Kier alpha value is -2.44. The second-order valence-electron chi connectivity index (χ2n) is 6.99.